The molecular formula is C20H28ClN3O2. The van der Waals surface area contributed by atoms with Crippen LogP contribution in [0.1, 0.15) is 48.0 Å². The monoisotopic (exact) mass is 377 g/mol. The van der Waals surface area contributed by atoms with Crippen LogP contribution in [-0.4, -0.2) is 42.9 Å². The molecule has 5 nitrogen and oxygen atoms in total. The van der Waals surface area contributed by atoms with Gasteiger partial charge in [0, 0.05) is 30.3 Å². The summed E-state index contributed by atoms with van der Waals surface area (Å²) in [5.74, 6) is 0.401. The van der Waals surface area contributed by atoms with E-state index in [-0.39, 0.29) is 35.6 Å². The summed E-state index contributed by atoms with van der Waals surface area (Å²) in [6.07, 6.45) is 5.42. The molecule has 1 atom stereocenters. The predicted octanol–water partition coefficient (Wildman–Crippen LogP) is 2.98. The molecule has 2 saturated heterocycles. The highest BCUT2D eigenvalue weighted by atomic mass is 35.5. The summed E-state index contributed by atoms with van der Waals surface area (Å²) >= 11 is 0. The lowest BCUT2D eigenvalue weighted by molar-refractivity contribution is -0.118. The fourth-order valence-corrected chi connectivity index (χ4v) is 4.46. The van der Waals surface area contributed by atoms with Crippen molar-refractivity contribution in [2.75, 3.05) is 31.5 Å². The number of carbonyl (C=O) groups is 2. The van der Waals surface area contributed by atoms with Gasteiger partial charge in [0.1, 0.15) is 0 Å². The molecule has 1 spiro atoms. The van der Waals surface area contributed by atoms with Crippen molar-refractivity contribution >= 4 is 29.9 Å². The molecule has 26 heavy (non-hydrogen) atoms. The molecule has 1 aliphatic carbocycles. The van der Waals surface area contributed by atoms with Gasteiger partial charge < -0.3 is 15.5 Å². The molecule has 0 radical (unpaired) electrons. The molecule has 0 aromatic heterocycles. The van der Waals surface area contributed by atoms with E-state index in [9.17, 15) is 9.59 Å². The molecule has 2 amide bonds. The quantitative estimate of drug-likeness (QED) is 0.851. The Morgan fingerprint density at radius 3 is 2.54 bits per heavy atom. The van der Waals surface area contributed by atoms with E-state index >= 15 is 0 Å². The van der Waals surface area contributed by atoms with Gasteiger partial charge in [0.15, 0.2) is 0 Å². The summed E-state index contributed by atoms with van der Waals surface area (Å²) in [4.78, 5) is 27.0. The van der Waals surface area contributed by atoms with Crippen LogP contribution >= 0.6 is 12.4 Å². The number of hydrogen-bond acceptors (Lipinski definition) is 3. The molecule has 3 aliphatic rings. The van der Waals surface area contributed by atoms with Gasteiger partial charge >= 0.3 is 0 Å². The fourth-order valence-electron chi connectivity index (χ4n) is 4.46. The van der Waals surface area contributed by atoms with Gasteiger partial charge in [-0.25, -0.2) is 0 Å². The van der Waals surface area contributed by atoms with E-state index in [0.29, 0.717) is 0 Å². The molecule has 1 aromatic rings. The van der Waals surface area contributed by atoms with Gasteiger partial charge in [0.05, 0.1) is 0 Å². The predicted molar refractivity (Wildman–Crippen MR) is 105 cm³/mol. The van der Waals surface area contributed by atoms with Crippen molar-refractivity contribution in [1.82, 2.24) is 10.2 Å². The Bertz CT molecular complexity index is 694. The Morgan fingerprint density at radius 1 is 1.19 bits per heavy atom. The third-order valence-electron chi connectivity index (χ3n) is 6.23. The third kappa shape index (κ3) is 3.60. The number of hydrogen-bond donors (Lipinski definition) is 2. The fraction of sp³-hybridized carbons (Fsp3) is 0.600. The van der Waals surface area contributed by atoms with Crippen LogP contribution in [0.5, 0.6) is 0 Å². The number of aryl methyl sites for hydroxylation is 1. The average molecular weight is 378 g/mol. The van der Waals surface area contributed by atoms with Crippen molar-refractivity contribution in [1.29, 1.82) is 0 Å². The molecule has 6 heteroatoms. The maximum atomic E-state index is 12.6. The SMILES string of the molecule is Cc1cc(C(=O)N2CCCC2)ccc1NC(=O)C1CC12CCNCC2.Cl. The van der Waals surface area contributed by atoms with Gasteiger partial charge in [-0.1, -0.05) is 0 Å². The second kappa shape index (κ2) is 7.57. The first-order chi connectivity index (χ1) is 12.1. The molecule has 2 heterocycles. The lowest BCUT2D eigenvalue weighted by atomic mass is 9.91. The minimum Gasteiger partial charge on any atom is -0.339 e. The molecule has 1 aromatic carbocycles. The first-order valence-corrected chi connectivity index (χ1v) is 9.51. The zero-order valence-electron chi connectivity index (χ0n) is 15.3. The zero-order chi connectivity index (χ0) is 17.4. The van der Waals surface area contributed by atoms with Crippen molar-refractivity contribution < 1.29 is 9.59 Å². The van der Waals surface area contributed by atoms with Gasteiger partial charge in [-0.2, -0.15) is 0 Å². The number of halogens is 1. The van der Waals surface area contributed by atoms with E-state index < -0.39 is 0 Å². The smallest absolute Gasteiger partial charge is 0.253 e. The highest BCUT2D eigenvalue weighted by Crippen LogP contribution is 2.58. The van der Waals surface area contributed by atoms with Crippen LogP contribution in [0.15, 0.2) is 18.2 Å². The number of anilines is 1. The van der Waals surface area contributed by atoms with Crippen molar-refractivity contribution in [3.8, 4) is 0 Å². The van der Waals surface area contributed by atoms with Crippen LogP contribution in [0.25, 0.3) is 0 Å². The highest BCUT2D eigenvalue weighted by molar-refractivity contribution is 5.98. The summed E-state index contributed by atoms with van der Waals surface area (Å²) < 4.78 is 0. The van der Waals surface area contributed by atoms with Gasteiger partial charge in [0.25, 0.3) is 5.91 Å². The highest BCUT2D eigenvalue weighted by Gasteiger charge is 2.57. The number of piperidine rings is 1. The van der Waals surface area contributed by atoms with Crippen LogP contribution in [0.3, 0.4) is 0 Å². The van der Waals surface area contributed by atoms with Gasteiger partial charge in [-0.15, -0.1) is 12.4 Å². The summed E-state index contributed by atoms with van der Waals surface area (Å²) in [7, 11) is 0. The topological polar surface area (TPSA) is 61.4 Å². The van der Waals surface area contributed by atoms with Crippen LogP contribution < -0.4 is 10.6 Å². The van der Waals surface area contributed by atoms with E-state index in [2.05, 4.69) is 10.6 Å². The van der Waals surface area contributed by atoms with Crippen LogP contribution in [0, 0.1) is 18.3 Å². The van der Waals surface area contributed by atoms with Gasteiger partial charge in [-0.3, -0.25) is 9.59 Å². The van der Waals surface area contributed by atoms with Crippen LogP contribution in [-0.2, 0) is 4.79 Å². The minimum atomic E-state index is 0. The van der Waals surface area contributed by atoms with Gasteiger partial charge in [0.2, 0.25) is 5.91 Å². The van der Waals surface area contributed by atoms with Crippen LogP contribution in [0.4, 0.5) is 5.69 Å². The molecule has 142 valence electrons. The third-order valence-corrected chi connectivity index (χ3v) is 6.23. The molecule has 0 bridgehead atoms. The summed E-state index contributed by atoms with van der Waals surface area (Å²) in [5.41, 5.74) is 2.76. The largest absolute Gasteiger partial charge is 0.339 e. The lowest BCUT2D eigenvalue weighted by Crippen LogP contribution is -2.31. The maximum Gasteiger partial charge on any atom is 0.253 e. The Labute approximate surface area is 161 Å². The molecule has 1 unspecified atom stereocenters. The number of benzene rings is 1. The maximum absolute atomic E-state index is 12.6. The first-order valence-electron chi connectivity index (χ1n) is 9.51. The normalized spacial score (nSPS) is 23.4. The first kappa shape index (κ1) is 19.2. The van der Waals surface area contributed by atoms with E-state index in [1.165, 1.54) is 0 Å². The van der Waals surface area contributed by atoms with Crippen molar-refractivity contribution in [3.05, 3.63) is 29.3 Å². The minimum absolute atomic E-state index is 0. The second-order valence-electron chi connectivity index (χ2n) is 7.89. The average Bonchev–Trinajstić information content (AvgIpc) is 3.06. The van der Waals surface area contributed by atoms with E-state index in [1.54, 1.807) is 0 Å². The zero-order valence-corrected chi connectivity index (χ0v) is 16.2. The van der Waals surface area contributed by atoms with Crippen LogP contribution in [0.2, 0.25) is 0 Å². The Morgan fingerprint density at radius 2 is 1.88 bits per heavy atom. The number of amides is 2. The van der Waals surface area contributed by atoms with Crippen molar-refractivity contribution in [2.45, 2.75) is 39.0 Å². The molecule has 2 N–H and O–H groups in total. The Hall–Kier alpha value is -1.59. The van der Waals surface area contributed by atoms with E-state index in [4.69, 9.17) is 0 Å². The summed E-state index contributed by atoms with van der Waals surface area (Å²) in [6.45, 7) is 5.72. The molecule has 2 aliphatic heterocycles. The van der Waals surface area contributed by atoms with E-state index in [0.717, 1.165) is 75.1 Å². The van der Waals surface area contributed by atoms with E-state index in [1.807, 2.05) is 30.0 Å². The number of likely N-dealkylation sites (tertiary alicyclic amines) is 1. The number of nitrogens with zero attached hydrogens (tertiary/aromatic N) is 1. The lowest BCUT2D eigenvalue weighted by Gasteiger charge is -2.23. The number of carbonyl (C=O) groups excluding carboxylic acids is 2. The Kier molecular flexibility index (Phi) is 5.58. The molecular weight excluding hydrogens is 350 g/mol. The summed E-state index contributed by atoms with van der Waals surface area (Å²) in [5, 5.41) is 6.47. The van der Waals surface area contributed by atoms with Gasteiger partial charge in [-0.05, 0) is 81.3 Å². The molecule has 3 fully saturated rings. The second-order valence-corrected chi connectivity index (χ2v) is 7.89. The van der Waals surface area contributed by atoms with Crippen molar-refractivity contribution in [3.63, 3.8) is 0 Å². The Balaban J connectivity index is 0.00000196. The summed E-state index contributed by atoms with van der Waals surface area (Å²) in [6, 6.07) is 5.63. The number of rotatable bonds is 3. The number of nitrogens with one attached hydrogen (secondary N) is 2. The van der Waals surface area contributed by atoms with Crippen molar-refractivity contribution in [2.24, 2.45) is 11.3 Å². The molecule has 1 saturated carbocycles. The standard InChI is InChI=1S/C20H27N3O2.ClH/c1-14-12-15(19(25)23-10-2-3-11-23)4-5-17(14)22-18(24)16-13-20(16)6-8-21-9-7-20;/h4-5,12,16,21H,2-3,6-11,13H2,1H3,(H,22,24);1H. The molecule has 4 rings (SSSR count).